The molecule has 0 spiro atoms. The van der Waals surface area contributed by atoms with Crippen molar-refractivity contribution in [2.24, 2.45) is 0 Å². The smallest absolute Gasteiger partial charge is 0.264 e. The number of amides is 2. The number of aryl methyl sites for hydroxylation is 1. The van der Waals surface area contributed by atoms with Gasteiger partial charge in [0.1, 0.15) is 12.6 Å². The highest BCUT2D eigenvalue weighted by Gasteiger charge is 2.34. The van der Waals surface area contributed by atoms with Gasteiger partial charge in [-0.15, -0.1) is 0 Å². The normalized spacial score (nSPS) is 12.8. The number of para-hydroxylation sites is 1. The van der Waals surface area contributed by atoms with Gasteiger partial charge in [0.15, 0.2) is 0 Å². The van der Waals surface area contributed by atoms with Crippen molar-refractivity contribution in [3.63, 3.8) is 0 Å². The number of hydrogen-bond acceptors (Lipinski definition) is 4. The topological polar surface area (TPSA) is 86.8 Å². The Morgan fingerprint density at radius 3 is 2.05 bits per heavy atom. The van der Waals surface area contributed by atoms with Crippen molar-refractivity contribution in [1.82, 2.24) is 10.2 Å². The quantitative estimate of drug-likeness (QED) is 0.266. The molecule has 3 aromatic carbocycles. The average Bonchev–Trinajstić information content (AvgIpc) is 2.93. The molecule has 1 N–H and O–H groups in total. The summed E-state index contributed by atoms with van der Waals surface area (Å²) in [4.78, 5) is 28.8. The Morgan fingerprint density at radius 1 is 0.875 bits per heavy atom. The number of sulfonamides is 1. The summed E-state index contributed by atoms with van der Waals surface area (Å²) in [5.74, 6) is -0.885. The van der Waals surface area contributed by atoms with Crippen molar-refractivity contribution in [3.05, 3.63) is 94.0 Å². The van der Waals surface area contributed by atoms with Crippen LogP contribution < -0.4 is 9.62 Å². The van der Waals surface area contributed by atoms with Gasteiger partial charge < -0.3 is 10.2 Å². The predicted molar refractivity (Wildman–Crippen MR) is 161 cm³/mol. The standard InChI is InChI=1S/C30H35Cl2N3O4S/c1-5-22(4)33-30(37)27(6-2)34(19-23-11-7-8-12-25(23)31)29(36)20-35(28-14-10-9-13-26(28)32)40(38,39)24-17-15-21(3)16-18-24/h7-18,22,27H,5-6,19-20H2,1-4H3,(H,33,37)/t22-,27-/m0/s1. The molecule has 0 saturated heterocycles. The first-order valence-corrected chi connectivity index (χ1v) is 15.4. The fraction of sp³-hybridized carbons (Fsp3) is 0.333. The summed E-state index contributed by atoms with van der Waals surface area (Å²) in [6.07, 6.45) is 1.03. The highest BCUT2D eigenvalue weighted by Crippen LogP contribution is 2.31. The van der Waals surface area contributed by atoms with E-state index >= 15 is 0 Å². The lowest BCUT2D eigenvalue weighted by Crippen LogP contribution is -2.53. The molecule has 0 bridgehead atoms. The maximum atomic E-state index is 14.1. The summed E-state index contributed by atoms with van der Waals surface area (Å²) in [6.45, 7) is 6.95. The van der Waals surface area contributed by atoms with Gasteiger partial charge in [-0.3, -0.25) is 13.9 Å². The second kappa shape index (κ2) is 14.0. The molecule has 0 aliphatic heterocycles. The maximum Gasteiger partial charge on any atom is 0.264 e. The Kier molecular flexibility index (Phi) is 11.0. The van der Waals surface area contributed by atoms with Crippen LogP contribution in [0.4, 0.5) is 5.69 Å². The van der Waals surface area contributed by atoms with Crippen LogP contribution in [0.3, 0.4) is 0 Å². The van der Waals surface area contributed by atoms with Crippen LogP contribution in [0.1, 0.15) is 44.7 Å². The van der Waals surface area contributed by atoms with Crippen molar-refractivity contribution in [1.29, 1.82) is 0 Å². The van der Waals surface area contributed by atoms with Crippen LogP contribution in [-0.4, -0.2) is 43.8 Å². The van der Waals surface area contributed by atoms with Crippen LogP contribution in [0, 0.1) is 6.92 Å². The van der Waals surface area contributed by atoms with E-state index in [1.54, 1.807) is 60.7 Å². The molecule has 214 valence electrons. The summed E-state index contributed by atoms with van der Waals surface area (Å²) in [5, 5.41) is 3.56. The van der Waals surface area contributed by atoms with Gasteiger partial charge in [-0.2, -0.15) is 0 Å². The molecule has 3 rings (SSSR count). The molecule has 0 radical (unpaired) electrons. The molecule has 3 aromatic rings. The number of nitrogens with zero attached hydrogens (tertiary/aromatic N) is 2. The Hall–Kier alpha value is -3.07. The Bertz CT molecular complexity index is 1430. The fourth-order valence-electron chi connectivity index (χ4n) is 4.18. The third kappa shape index (κ3) is 7.56. The molecule has 0 aliphatic carbocycles. The number of rotatable bonds is 12. The van der Waals surface area contributed by atoms with Crippen LogP contribution in [0.25, 0.3) is 0 Å². The molecule has 40 heavy (non-hydrogen) atoms. The van der Waals surface area contributed by atoms with E-state index in [0.29, 0.717) is 17.0 Å². The number of benzene rings is 3. The van der Waals surface area contributed by atoms with Crippen molar-refractivity contribution < 1.29 is 18.0 Å². The molecule has 0 heterocycles. The predicted octanol–water partition coefficient (Wildman–Crippen LogP) is 6.22. The number of anilines is 1. The van der Waals surface area contributed by atoms with Crippen molar-refractivity contribution in [3.8, 4) is 0 Å². The van der Waals surface area contributed by atoms with Crippen LogP contribution in [-0.2, 0) is 26.2 Å². The van der Waals surface area contributed by atoms with Gasteiger partial charge in [0, 0.05) is 17.6 Å². The average molecular weight is 605 g/mol. The molecule has 0 aromatic heterocycles. The minimum absolute atomic E-state index is 0.0185. The van der Waals surface area contributed by atoms with E-state index in [4.69, 9.17) is 23.2 Å². The Morgan fingerprint density at radius 2 is 1.48 bits per heavy atom. The highest BCUT2D eigenvalue weighted by molar-refractivity contribution is 7.92. The molecular weight excluding hydrogens is 569 g/mol. The summed E-state index contributed by atoms with van der Waals surface area (Å²) in [7, 11) is -4.20. The minimum Gasteiger partial charge on any atom is -0.352 e. The Labute approximate surface area is 247 Å². The van der Waals surface area contributed by atoms with E-state index in [2.05, 4.69) is 5.32 Å². The molecule has 7 nitrogen and oxygen atoms in total. The first-order chi connectivity index (χ1) is 19.0. The number of carbonyl (C=O) groups is 2. The van der Waals surface area contributed by atoms with E-state index in [1.807, 2.05) is 27.7 Å². The lowest BCUT2D eigenvalue weighted by atomic mass is 10.1. The van der Waals surface area contributed by atoms with E-state index in [9.17, 15) is 18.0 Å². The van der Waals surface area contributed by atoms with Gasteiger partial charge in [-0.25, -0.2) is 8.42 Å². The van der Waals surface area contributed by atoms with Gasteiger partial charge in [-0.1, -0.05) is 85.1 Å². The van der Waals surface area contributed by atoms with E-state index in [-0.39, 0.29) is 34.1 Å². The molecule has 2 amide bonds. The van der Waals surface area contributed by atoms with Gasteiger partial charge in [0.05, 0.1) is 15.6 Å². The molecule has 0 fully saturated rings. The van der Waals surface area contributed by atoms with E-state index in [1.165, 1.54) is 17.0 Å². The van der Waals surface area contributed by atoms with Gasteiger partial charge in [0.25, 0.3) is 10.0 Å². The monoisotopic (exact) mass is 603 g/mol. The van der Waals surface area contributed by atoms with Gasteiger partial charge in [0.2, 0.25) is 11.8 Å². The van der Waals surface area contributed by atoms with E-state index < -0.39 is 28.5 Å². The first-order valence-electron chi connectivity index (χ1n) is 13.2. The van der Waals surface area contributed by atoms with E-state index in [0.717, 1.165) is 16.3 Å². The summed E-state index contributed by atoms with van der Waals surface area (Å²) >= 11 is 12.9. The lowest BCUT2D eigenvalue weighted by molar-refractivity contribution is -0.140. The lowest BCUT2D eigenvalue weighted by Gasteiger charge is -2.34. The molecule has 0 saturated carbocycles. The summed E-state index contributed by atoms with van der Waals surface area (Å²) < 4.78 is 28.8. The number of carbonyl (C=O) groups excluding carboxylic acids is 2. The molecular formula is C30H35Cl2N3O4S. The van der Waals surface area contributed by atoms with Gasteiger partial charge in [-0.05, 0) is 62.6 Å². The maximum absolute atomic E-state index is 14.1. The van der Waals surface area contributed by atoms with Crippen LogP contribution in [0.5, 0.6) is 0 Å². The second-order valence-corrected chi connectivity index (χ2v) is 12.3. The van der Waals surface area contributed by atoms with Crippen molar-refractivity contribution >= 4 is 50.7 Å². The van der Waals surface area contributed by atoms with Crippen LogP contribution >= 0.6 is 23.2 Å². The molecule has 2 atom stereocenters. The third-order valence-electron chi connectivity index (χ3n) is 6.69. The first kappa shape index (κ1) is 31.5. The van der Waals surface area contributed by atoms with Crippen molar-refractivity contribution in [2.75, 3.05) is 10.8 Å². The second-order valence-electron chi connectivity index (χ2n) is 9.63. The summed E-state index contributed by atoms with van der Waals surface area (Å²) in [6, 6.07) is 18.9. The number of hydrogen-bond donors (Lipinski definition) is 1. The highest BCUT2D eigenvalue weighted by atomic mass is 35.5. The number of nitrogens with one attached hydrogen (secondary N) is 1. The SMILES string of the molecule is CC[C@H](C)NC(=O)[C@H](CC)N(Cc1ccccc1Cl)C(=O)CN(c1ccccc1Cl)S(=O)(=O)c1ccc(C)cc1. The van der Waals surface area contributed by atoms with Crippen LogP contribution in [0.2, 0.25) is 10.0 Å². The van der Waals surface area contributed by atoms with Crippen LogP contribution in [0.15, 0.2) is 77.7 Å². The molecule has 10 heteroatoms. The largest absolute Gasteiger partial charge is 0.352 e. The zero-order valence-electron chi connectivity index (χ0n) is 23.1. The van der Waals surface area contributed by atoms with Crippen molar-refractivity contribution in [2.45, 2.75) is 64.1 Å². The Balaban J connectivity index is 2.08. The molecule has 0 unspecified atom stereocenters. The zero-order valence-corrected chi connectivity index (χ0v) is 25.4. The fourth-order valence-corrected chi connectivity index (χ4v) is 6.09. The third-order valence-corrected chi connectivity index (χ3v) is 9.16. The summed E-state index contributed by atoms with van der Waals surface area (Å²) in [5.41, 5.74) is 1.69. The van der Waals surface area contributed by atoms with Gasteiger partial charge >= 0.3 is 0 Å². The zero-order chi connectivity index (χ0) is 29.4. The minimum atomic E-state index is -4.20. The number of halogens is 2. The molecule has 0 aliphatic rings.